The van der Waals surface area contributed by atoms with Gasteiger partial charge in [0.05, 0.1) is 0 Å². The minimum atomic E-state index is -7.57. The number of rotatable bonds is 1. The summed E-state index contributed by atoms with van der Waals surface area (Å²) in [6, 6.07) is 0. The van der Waals surface area contributed by atoms with E-state index in [1.54, 1.807) is 0 Å². The summed E-state index contributed by atoms with van der Waals surface area (Å²) in [6.45, 7) is 0. The minimum absolute atomic E-state index is 0. The molecule has 18 heavy (non-hydrogen) atoms. The molecule has 0 unspecified atom stereocenters. The molecule has 0 amide bonds. The van der Waals surface area contributed by atoms with Gasteiger partial charge in [-0.3, -0.25) is 4.55 Å². The average molecular weight is 340 g/mol. The molecule has 0 bridgehead atoms. The van der Waals surface area contributed by atoms with E-state index in [0.717, 1.165) is 0 Å². The molecule has 106 valence electrons. The van der Waals surface area contributed by atoms with Crippen molar-refractivity contribution in [2.45, 2.75) is 23.3 Å². The molecule has 1 N–H and O–H groups in total. The Kier molecular flexibility index (Phi) is 6.32. The van der Waals surface area contributed by atoms with Crippen LogP contribution in [0.3, 0.4) is 0 Å². The first-order chi connectivity index (χ1) is 7.00. The third-order valence-electron chi connectivity index (χ3n) is 1.58. The quantitative estimate of drug-likeness (QED) is 0.449. The number of hydrogen-bond acceptors (Lipinski definition) is 2. The molecule has 0 fully saturated rings. The summed E-state index contributed by atoms with van der Waals surface area (Å²) in [5.74, 6) is 0. The predicted molar refractivity (Wildman–Crippen MR) is 39.6 cm³/mol. The molecule has 14 heteroatoms. The van der Waals surface area contributed by atoms with Crippen molar-refractivity contribution >= 4 is 61.5 Å². The van der Waals surface area contributed by atoms with Gasteiger partial charge in [-0.15, -0.1) is 0 Å². The molecule has 0 radical (unpaired) electrons. The summed E-state index contributed by atoms with van der Waals surface area (Å²) >= 11 is 0. The Morgan fingerprint density at radius 1 is 0.667 bits per heavy atom. The molecule has 0 aromatic heterocycles. The number of halogens is 9. The van der Waals surface area contributed by atoms with Crippen LogP contribution >= 0.6 is 0 Å². The van der Waals surface area contributed by atoms with Gasteiger partial charge in [0, 0.05) is 0 Å². The van der Waals surface area contributed by atoms with Gasteiger partial charge in [0.15, 0.2) is 0 Å². The van der Waals surface area contributed by atoms with Crippen molar-refractivity contribution in [2.75, 3.05) is 0 Å². The molecular weight excluding hydrogens is 338 g/mol. The summed E-state index contributed by atoms with van der Waals surface area (Å²) in [4.78, 5) is 0. The van der Waals surface area contributed by atoms with Crippen LogP contribution in [0, 0.1) is 0 Å². The standard InChI is InChI=1S/C4HF9O3S.K.H/c5-2(6,7)1(3(8,9)10,4(11,12)13)17(14,15)16;;/h(H,14,15,16);;. The van der Waals surface area contributed by atoms with Crippen LogP contribution in [0.1, 0.15) is 0 Å². The fraction of sp³-hybridized carbons (Fsp3) is 1.00. The SMILES string of the molecule is O=S(=O)(O)C(C(F)(F)F)(C(F)(F)F)C(F)(F)F.[KH]. The predicted octanol–water partition coefficient (Wildman–Crippen LogP) is 1.65. The van der Waals surface area contributed by atoms with E-state index in [2.05, 4.69) is 0 Å². The zero-order valence-electron chi connectivity index (χ0n) is 7.07. The summed E-state index contributed by atoms with van der Waals surface area (Å²) in [5, 5.41) is 0. The van der Waals surface area contributed by atoms with Gasteiger partial charge in [0.1, 0.15) is 0 Å². The fourth-order valence-corrected chi connectivity index (χ4v) is 1.80. The van der Waals surface area contributed by atoms with E-state index in [1.165, 1.54) is 0 Å². The molecule has 0 heterocycles. The number of hydrogen-bond donors (Lipinski definition) is 1. The van der Waals surface area contributed by atoms with Gasteiger partial charge in [-0.2, -0.15) is 47.9 Å². The molecule has 0 aromatic carbocycles. The van der Waals surface area contributed by atoms with Crippen molar-refractivity contribution in [1.29, 1.82) is 0 Å². The van der Waals surface area contributed by atoms with Gasteiger partial charge >= 0.3 is 74.7 Å². The molecule has 0 saturated carbocycles. The van der Waals surface area contributed by atoms with Gasteiger partial charge in [-0.05, 0) is 0 Å². The van der Waals surface area contributed by atoms with E-state index in [4.69, 9.17) is 4.55 Å². The van der Waals surface area contributed by atoms with Crippen LogP contribution in [0.4, 0.5) is 39.5 Å². The van der Waals surface area contributed by atoms with E-state index in [0.29, 0.717) is 0 Å². The molecule has 0 aliphatic rings. The van der Waals surface area contributed by atoms with Crippen molar-refractivity contribution in [3.8, 4) is 0 Å². The number of alkyl halides is 9. The van der Waals surface area contributed by atoms with Crippen molar-refractivity contribution in [3.05, 3.63) is 0 Å². The molecule has 0 aliphatic carbocycles. The average Bonchev–Trinajstić information content (AvgIpc) is 1.67. The van der Waals surface area contributed by atoms with Crippen LogP contribution in [-0.4, -0.2) is 87.6 Å². The van der Waals surface area contributed by atoms with Crippen molar-refractivity contribution in [3.63, 3.8) is 0 Å². The van der Waals surface area contributed by atoms with Gasteiger partial charge in [-0.25, -0.2) is 0 Å². The molecule has 3 nitrogen and oxygen atoms in total. The summed E-state index contributed by atoms with van der Waals surface area (Å²) in [7, 11) is -7.57. The maximum atomic E-state index is 11.9. The molecule has 0 atom stereocenters. The Hall–Kier alpha value is 0.916. The van der Waals surface area contributed by atoms with Crippen molar-refractivity contribution < 1.29 is 52.5 Å². The van der Waals surface area contributed by atoms with Gasteiger partial charge in [-0.1, -0.05) is 0 Å². The summed E-state index contributed by atoms with van der Waals surface area (Å²) in [6.07, 6.45) is -22.0. The Balaban J connectivity index is 0. The zero-order chi connectivity index (χ0) is 14.5. The molecule has 0 saturated heterocycles. The van der Waals surface area contributed by atoms with Crippen molar-refractivity contribution in [2.24, 2.45) is 0 Å². The summed E-state index contributed by atoms with van der Waals surface area (Å²) in [5.41, 5.74) is 0. The van der Waals surface area contributed by atoms with E-state index in [-0.39, 0.29) is 51.4 Å². The van der Waals surface area contributed by atoms with Crippen LogP contribution in [0.5, 0.6) is 0 Å². The first-order valence-corrected chi connectivity index (χ1v) is 4.61. The van der Waals surface area contributed by atoms with E-state index >= 15 is 0 Å². The van der Waals surface area contributed by atoms with Gasteiger partial charge < -0.3 is 0 Å². The monoisotopic (exact) mass is 340 g/mol. The normalized spacial score (nSPS) is 15.2. The topological polar surface area (TPSA) is 54.4 Å². The Morgan fingerprint density at radius 2 is 0.833 bits per heavy atom. The Bertz CT molecular complexity index is 353. The maximum absolute atomic E-state index is 11.9. The zero-order valence-corrected chi connectivity index (χ0v) is 7.89. The van der Waals surface area contributed by atoms with Crippen LogP contribution in [-0.2, 0) is 10.1 Å². The summed E-state index contributed by atoms with van der Waals surface area (Å²) < 4.78 is 127. The molecule has 0 aromatic rings. The van der Waals surface area contributed by atoms with E-state index in [1.807, 2.05) is 0 Å². The Morgan fingerprint density at radius 3 is 0.833 bits per heavy atom. The molecular formula is C4H2F9KO3S. The van der Waals surface area contributed by atoms with Crippen molar-refractivity contribution in [1.82, 2.24) is 0 Å². The van der Waals surface area contributed by atoms with Crippen LogP contribution in [0.15, 0.2) is 0 Å². The van der Waals surface area contributed by atoms with E-state index < -0.39 is 33.4 Å². The Labute approximate surface area is 136 Å². The van der Waals surface area contributed by atoms with E-state index in [9.17, 15) is 47.9 Å². The second kappa shape index (κ2) is 5.36. The first kappa shape index (κ1) is 21.2. The second-order valence-electron chi connectivity index (χ2n) is 2.65. The van der Waals surface area contributed by atoms with Gasteiger partial charge in [0.2, 0.25) is 0 Å². The first-order valence-electron chi connectivity index (χ1n) is 3.17. The third kappa shape index (κ3) is 3.14. The molecule has 0 rings (SSSR count). The molecule has 0 spiro atoms. The van der Waals surface area contributed by atoms with Gasteiger partial charge in [0.25, 0.3) is 10.1 Å². The van der Waals surface area contributed by atoms with Crippen LogP contribution in [0.2, 0.25) is 0 Å². The molecule has 0 aliphatic heterocycles. The third-order valence-corrected chi connectivity index (χ3v) is 3.05. The second-order valence-corrected chi connectivity index (χ2v) is 4.21. The van der Waals surface area contributed by atoms with Crippen LogP contribution < -0.4 is 0 Å². The fourth-order valence-electron chi connectivity index (χ4n) is 0.921. The van der Waals surface area contributed by atoms with Crippen LogP contribution in [0.25, 0.3) is 0 Å².